The molecule has 2 nitrogen and oxygen atoms in total. The third-order valence-corrected chi connectivity index (χ3v) is 3.65. The number of likely N-dealkylation sites (N-methyl/N-ethyl adjacent to an activating group) is 1. The summed E-state index contributed by atoms with van der Waals surface area (Å²) in [4.78, 5) is 2.55. The molecule has 0 aromatic rings. The molecule has 0 aromatic carbocycles. The van der Waals surface area contributed by atoms with Crippen molar-refractivity contribution in [2.45, 2.75) is 45.6 Å². The molecule has 2 heteroatoms. The number of nitrogens with two attached hydrogens (primary N) is 1. The molecule has 2 N–H and O–H groups in total. The fourth-order valence-electron chi connectivity index (χ4n) is 2.86. The van der Waals surface area contributed by atoms with Gasteiger partial charge in [-0.25, -0.2) is 0 Å². The van der Waals surface area contributed by atoms with Crippen molar-refractivity contribution in [1.29, 1.82) is 0 Å². The van der Waals surface area contributed by atoms with Crippen molar-refractivity contribution < 1.29 is 0 Å². The van der Waals surface area contributed by atoms with Gasteiger partial charge in [-0.05, 0) is 38.3 Å². The van der Waals surface area contributed by atoms with Crippen LogP contribution in [0, 0.1) is 5.92 Å². The topological polar surface area (TPSA) is 29.3 Å². The Morgan fingerprint density at radius 2 is 2.00 bits per heavy atom. The summed E-state index contributed by atoms with van der Waals surface area (Å²) >= 11 is 0. The van der Waals surface area contributed by atoms with Crippen LogP contribution in [0.5, 0.6) is 0 Å². The molecule has 2 unspecified atom stereocenters. The van der Waals surface area contributed by atoms with Crippen molar-refractivity contribution in [2.75, 3.05) is 19.6 Å². The van der Waals surface area contributed by atoms with E-state index in [0.717, 1.165) is 25.6 Å². The largest absolute Gasteiger partial charge is 0.329 e. The molecule has 13 heavy (non-hydrogen) atoms. The molecule has 2 atom stereocenters. The van der Waals surface area contributed by atoms with E-state index in [1.54, 1.807) is 0 Å². The Morgan fingerprint density at radius 3 is 2.31 bits per heavy atom. The molecule has 0 bridgehead atoms. The van der Waals surface area contributed by atoms with E-state index >= 15 is 0 Å². The molecule has 0 heterocycles. The van der Waals surface area contributed by atoms with Gasteiger partial charge in [0, 0.05) is 12.1 Å². The number of rotatable bonds is 4. The molecular formula is C11H24N2. The van der Waals surface area contributed by atoms with Gasteiger partial charge < -0.3 is 5.73 Å². The SMILES string of the molecule is CCN(CC)C1(CN)CCC(C)C1. The van der Waals surface area contributed by atoms with E-state index in [9.17, 15) is 0 Å². The number of hydrogen-bond acceptors (Lipinski definition) is 2. The summed E-state index contributed by atoms with van der Waals surface area (Å²) in [7, 11) is 0. The molecule has 0 saturated heterocycles. The molecule has 0 amide bonds. The second kappa shape index (κ2) is 4.43. The lowest BCUT2D eigenvalue weighted by Gasteiger charge is -2.39. The van der Waals surface area contributed by atoms with Gasteiger partial charge in [-0.1, -0.05) is 20.8 Å². The molecule has 0 radical (unpaired) electrons. The minimum absolute atomic E-state index is 0.336. The molecule has 78 valence electrons. The highest BCUT2D eigenvalue weighted by Gasteiger charge is 2.39. The van der Waals surface area contributed by atoms with Gasteiger partial charge in [-0.15, -0.1) is 0 Å². The Kier molecular flexibility index (Phi) is 3.74. The van der Waals surface area contributed by atoms with Gasteiger partial charge in [0.25, 0.3) is 0 Å². The maximum Gasteiger partial charge on any atom is 0.0334 e. The van der Waals surface area contributed by atoms with E-state index < -0.39 is 0 Å². The van der Waals surface area contributed by atoms with Crippen LogP contribution in [0.4, 0.5) is 0 Å². The van der Waals surface area contributed by atoms with Gasteiger partial charge in [0.1, 0.15) is 0 Å². The molecule has 1 saturated carbocycles. The highest BCUT2D eigenvalue weighted by molar-refractivity contribution is 4.97. The normalized spacial score (nSPS) is 34.4. The summed E-state index contributed by atoms with van der Waals surface area (Å²) in [5.41, 5.74) is 6.28. The Balaban J connectivity index is 2.68. The fourth-order valence-corrected chi connectivity index (χ4v) is 2.86. The second-order valence-electron chi connectivity index (χ2n) is 4.45. The fraction of sp³-hybridized carbons (Fsp3) is 1.00. The average molecular weight is 184 g/mol. The standard InChI is InChI=1S/C11H24N2/c1-4-13(5-2)11(9-12)7-6-10(3)8-11/h10H,4-9,12H2,1-3H3. The zero-order chi connectivity index (χ0) is 9.90. The predicted octanol–water partition coefficient (Wildman–Crippen LogP) is 1.85. The molecule has 1 fully saturated rings. The lowest BCUT2D eigenvalue weighted by molar-refractivity contribution is 0.109. The van der Waals surface area contributed by atoms with Crippen molar-refractivity contribution in [3.63, 3.8) is 0 Å². The number of hydrogen-bond donors (Lipinski definition) is 1. The Labute approximate surface area is 82.5 Å². The monoisotopic (exact) mass is 184 g/mol. The van der Waals surface area contributed by atoms with E-state index in [0.29, 0.717) is 5.54 Å². The van der Waals surface area contributed by atoms with Crippen molar-refractivity contribution in [3.8, 4) is 0 Å². The lowest BCUT2D eigenvalue weighted by Crippen LogP contribution is -2.52. The first-order valence-corrected chi connectivity index (χ1v) is 5.63. The Morgan fingerprint density at radius 1 is 1.38 bits per heavy atom. The molecule has 0 aromatic heterocycles. The zero-order valence-corrected chi connectivity index (χ0v) is 9.34. The van der Waals surface area contributed by atoms with Gasteiger partial charge in [-0.2, -0.15) is 0 Å². The summed E-state index contributed by atoms with van der Waals surface area (Å²) in [5.74, 6) is 0.865. The van der Waals surface area contributed by atoms with Gasteiger partial charge in [0.15, 0.2) is 0 Å². The smallest absolute Gasteiger partial charge is 0.0334 e. The van der Waals surface area contributed by atoms with E-state index in [-0.39, 0.29) is 0 Å². The Hall–Kier alpha value is -0.0800. The van der Waals surface area contributed by atoms with Crippen LogP contribution in [0.3, 0.4) is 0 Å². The first-order chi connectivity index (χ1) is 6.18. The van der Waals surface area contributed by atoms with Crippen molar-refractivity contribution in [3.05, 3.63) is 0 Å². The van der Waals surface area contributed by atoms with Crippen molar-refractivity contribution in [2.24, 2.45) is 11.7 Å². The van der Waals surface area contributed by atoms with Crippen LogP contribution in [0.1, 0.15) is 40.0 Å². The lowest BCUT2D eigenvalue weighted by atomic mass is 9.94. The quantitative estimate of drug-likeness (QED) is 0.722. The summed E-state index contributed by atoms with van der Waals surface area (Å²) in [6, 6.07) is 0. The van der Waals surface area contributed by atoms with Crippen LogP contribution >= 0.6 is 0 Å². The van der Waals surface area contributed by atoms with Crippen LogP contribution in [-0.4, -0.2) is 30.1 Å². The van der Waals surface area contributed by atoms with Crippen LogP contribution in [-0.2, 0) is 0 Å². The van der Waals surface area contributed by atoms with Crippen LogP contribution in [0.15, 0.2) is 0 Å². The molecule has 1 aliphatic carbocycles. The van der Waals surface area contributed by atoms with Gasteiger partial charge in [0.2, 0.25) is 0 Å². The Bertz CT molecular complexity index is 154. The molecular weight excluding hydrogens is 160 g/mol. The van der Waals surface area contributed by atoms with Gasteiger partial charge >= 0.3 is 0 Å². The van der Waals surface area contributed by atoms with Crippen LogP contribution in [0.25, 0.3) is 0 Å². The van der Waals surface area contributed by atoms with Crippen molar-refractivity contribution in [1.82, 2.24) is 4.90 Å². The van der Waals surface area contributed by atoms with E-state index in [1.165, 1.54) is 19.3 Å². The molecule has 0 spiro atoms. The zero-order valence-electron chi connectivity index (χ0n) is 9.34. The number of nitrogens with zero attached hydrogens (tertiary/aromatic N) is 1. The first kappa shape index (κ1) is 11.0. The average Bonchev–Trinajstić information content (AvgIpc) is 2.51. The third-order valence-electron chi connectivity index (χ3n) is 3.65. The maximum absolute atomic E-state index is 5.94. The summed E-state index contributed by atoms with van der Waals surface area (Å²) in [5, 5.41) is 0. The molecule has 1 rings (SSSR count). The predicted molar refractivity (Wildman–Crippen MR) is 57.7 cm³/mol. The third kappa shape index (κ3) is 2.05. The molecule has 1 aliphatic rings. The van der Waals surface area contributed by atoms with E-state index in [1.807, 2.05) is 0 Å². The highest BCUT2D eigenvalue weighted by Crippen LogP contribution is 2.37. The van der Waals surface area contributed by atoms with E-state index in [2.05, 4.69) is 25.7 Å². The van der Waals surface area contributed by atoms with Gasteiger partial charge in [0.05, 0.1) is 0 Å². The van der Waals surface area contributed by atoms with E-state index in [4.69, 9.17) is 5.73 Å². The summed E-state index contributed by atoms with van der Waals surface area (Å²) in [6.07, 6.45) is 3.95. The molecule has 0 aliphatic heterocycles. The second-order valence-corrected chi connectivity index (χ2v) is 4.45. The van der Waals surface area contributed by atoms with Crippen LogP contribution < -0.4 is 5.73 Å². The minimum Gasteiger partial charge on any atom is -0.329 e. The van der Waals surface area contributed by atoms with Crippen molar-refractivity contribution >= 4 is 0 Å². The van der Waals surface area contributed by atoms with Crippen LogP contribution in [0.2, 0.25) is 0 Å². The van der Waals surface area contributed by atoms with Gasteiger partial charge in [-0.3, -0.25) is 4.90 Å². The minimum atomic E-state index is 0.336. The maximum atomic E-state index is 5.94. The first-order valence-electron chi connectivity index (χ1n) is 5.63. The highest BCUT2D eigenvalue weighted by atomic mass is 15.2. The summed E-state index contributed by atoms with van der Waals surface area (Å²) < 4.78 is 0. The summed E-state index contributed by atoms with van der Waals surface area (Å²) in [6.45, 7) is 9.94.